The summed E-state index contributed by atoms with van der Waals surface area (Å²) in [6, 6.07) is 8.47. The van der Waals surface area contributed by atoms with E-state index in [1.54, 1.807) is 32.2 Å². The molecule has 0 radical (unpaired) electrons. The van der Waals surface area contributed by atoms with Gasteiger partial charge in [-0.25, -0.2) is 0 Å². The predicted molar refractivity (Wildman–Crippen MR) is 78.8 cm³/mol. The summed E-state index contributed by atoms with van der Waals surface area (Å²) in [7, 11) is 1.59. The second-order valence-electron chi connectivity index (χ2n) is 4.44. The molecule has 1 N–H and O–H groups in total. The van der Waals surface area contributed by atoms with E-state index in [1.165, 1.54) is 6.07 Å². The van der Waals surface area contributed by atoms with Crippen LogP contribution < -0.4 is 4.74 Å². The van der Waals surface area contributed by atoms with Crippen LogP contribution in [0.2, 0.25) is 0 Å². The molecule has 0 spiro atoms. The first kappa shape index (κ1) is 15.4. The van der Waals surface area contributed by atoms with Crippen molar-refractivity contribution in [2.24, 2.45) is 0 Å². The first-order valence-electron chi connectivity index (χ1n) is 6.23. The lowest BCUT2D eigenvalue weighted by Gasteiger charge is -2.05. The molecule has 1 aromatic heterocycles. The molecule has 2 aromatic rings. The second-order valence-corrected chi connectivity index (χ2v) is 5.48. The van der Waals surface area contributed by atoms with Crippen LogP contribution in [0.3, 0.4) is 0 Å². The zero-order valence-electron chi connectivity index (χ0n) is 11.6. The quantitative estimate of drug-likeness (QED) is 0.650. The van der Waals surface area contributed by atoms with Gasteiger partial charge in [0.2, 0.25) is 0 Å². The molecular formula is C14H15NO5S. The van der Waals surface area contributed by atoms with Gasteiger partial charge in [0, 0.05) is 18.1 Å². The molecule has 2 rings (SSSR count). The highest BCUT2D eigenvalue weighted by Crippen LogP contribution is 2.41. The van der Waals surface area contributed by atoms with Gasteiger partial charge in [-0.15, -0.1) is 0 Å². The molecule has 1 atom stereocenters. The molecule has 0 saturated heterocycles. The van der Waals surface area contributed by atoms with Crippen LogP contribution in [0, 0.1) is 10.1 Å². The van der Waals surface area contributed by atoms with Crippen molar-refractivity contribution in [3.05, 3.63) is 50.9 Å². The Labute approximate surface area is 125 Å². The number of hydrogen-bond donors (Lipinski definition) is 1. The molecule has 6 nitrogen and oxygen atoms in total. The number of nitro groups is 1. The Morgan fingerprint density at radius 3 is 2.81 bits per heavy atom. The van der Waals surface area contributed by atoms with Crippen molar-refractivity contribution in [3.8, 4) is 10.8 Å². The van der Waals surface area contributed by atoms with Crippen LogP contribution in [0.4, 0.5) is 5.69 Å². The lowest BCUT2D eigenvalue weighted by Crippen LogP contribution is -1.91. The minimum Gasteiger partial charge on any atom is -0.440 e. The van der Waals surface area contributed by atoms with E-state index in [0.717, 1.165) is 16.9 Å². The fourth-order valence-corrected chi connectivity index (χ4v) is 2.69. The van der Waals surface area contributed by atoms with E-state index in [4.69, 9.17) is 9.47 Å². The summed E-state index contributed by atoms with van der Waals surface area (Å²) in [5.74, 6) is 0.492. The van der Waals surface area contributed by atoms with Crippen molar-refractivity contribution in [2.75, 3.05) is 7.11 Å². The van der Waals surface area contributed by atoms with Crippen molar-refractivity contribution >= 4 is 17.0 Å². The molecule has 0 bridgehead atoms. The van der Waals surface area contributed by atoms with E-state index < -0.39 is 11.0 Å². The molecule has 1 unspecified atom stereocenters. The average molecular weight is 309 g/mol. The zero-order chi connectivity index (χ0) is 15.4. The third-order valence-electron chi connectivity index (χ3n) is 2.73. The van der Waals surface area contributed by atoms with Crippen LogP contribution in [0.5, 0.6) is 10.8 Å². The van der Waals surface area contributed by atoms with E-state index in [9.17, 15) is 15.2 Å². The standard InChI is InChI=1S/C14H15NO5S/c1-9(16)13-7-12(15(17)18)14(21-13)20-11-5-3-4-10(6-11)8-19-2/h3-7,9,16H,8H2,1-2H3. The van der Waals surface area contributed by atoms with Gasteiger partial charge in [0.05, 0.1) is 17.6 Å². The molecule has 21 heavy (non-hydrogen) atoms. The third-order valence-corrected chi connectivity index (χ3v) is 3.90. The predicted octanol–water partition coefficient (Wildman–Crippen LogP) is 3.65. The molecule has 112 valence electrons. The number of aliphatic hydroxyl groups excluding tert-OH is 1. The fraction of sp³-hybridized carbons (Fsp3) is 0.286. The maximum Gasteiger partial charge on any atom is 0.323 e. The highest BCUT2D eigenvalue weighted by molar-refractivity contribution is 7.14. The molecule has 1 heterocycles. The van der Waals surface area contributed by atoms with Gasteiger partial charge in [-0.05, 0) is 24.6 Å². The molecule has 0 aliphatic carbocycles. The molecule has 7 heteroatoms. The summed E-state index contributed by atoms with van der Waals surface area (Å²) in [6.45, 7) is 1.99. The zero-order valence-corrected chi connectivity index (χ0v) is 12.4. The van der Waals surface area contributed by atoms with Gasteiger partial charge in [0.25, 0.3) is 5.06 Å². The second kappa shape index (κ2) is 6.66. The summed E-state index contributed by atoms with van der Waals surface area (Å²) in [4.78, 5) is 11.0. The minimum atomic E-state index is -0.772. The largest absolute Gasteiger partial charge is 0.440 e. The normalized spacial score (nSPS) is 12.1. The van der Waals surface area contributed by atoms with Gasteiger partial charge in [-0.3, -0.25) is 10.1 Å². The average Bonchev–Trinajstić information content (AvgIpc) is 2.84. The van der Waals surface area contributed by atoms with E-state index in [-0.39, 0.29) is 10.8 Å². The van der Waals surface area contributed by atoms with E-state index in [2.05, 4.69) is 0 Å². The number of nitrogens with zero attached hydrogens (tertiary/aromatic N) is 1. The summed E-state index contributed by atoms with van der Waals surface area (Å²) < 4.78 is 10.6. The van der Waals surface area contributed by atoms with E-state index in [1.807, 2.05) is 6.07 Å². The number of ether oxygens (including phenoxy) is 2. The Bertz CT molecular complexity index is 638. The van der Waals surface area contributed by atoms with Crippen molar-refractivity contribution < 1.29 is 19.5 Å². The number of rotatable bonds is 6. The summed E-state index contributed by atoms with van der Waals surface area (Å²) in [6.07, 6.45) is -0.772. The van der Waals surface area contributed by atoms with Gasteiger partial charge in [0.1, 0.15) is 5.75 Å². The van der Waals surface area contributed by atoms with Gasteiger partial charge in [0.15, 0.2) is 0 Å². The highest BCUT2D eigenvalue weighted by atomic mass is 32.1. The smallest absolute Gasteiger partial charge is 0.323 e. The number of aliphatic hydroxyl groups is 1. The van der Waals surface area contributed by atoms with Crippen LogP contribution in [0.1, 0.15) is 23.5 Å². The topological polar surface area (TPSA) is 81.8 Å². The van der Waals surface area contributed by atoms with Crippen molar-refractivity contribution in [2.45, 2.75) is 19.6 Å². The van der Waals surface area contributed by atoms with Gasteiger partial charge < -0.3 is 14.6 Å². The van der Waals surface area contributed by atoms with Crippen molar-refractivity contribution in [1.82, 2.24) is 0 Å². The van der Waals surface area contributed by atoms with Gasteiger partial charge >= 0.3 is 5.69 Å². The molecule has 0 amide bonds. The maximum atomic E-state index is 11.0. The lowest BCUT2D eigenvalue weighted by molar-refractivity contribution is -0.385. The first-order valence-corrected chi connectivity index (χ1v) is 7.05. The molecular weight excluding hydrogens is 294 g/mol. The monoisotopic (exact) mass is 309 g/mol. The van der Waals surface area contributed by atoms with Gasteiger partial charge in [-0.2, -0.15) is 0 Å². The Balaban J connectivity index is 2.30. The third kappa shape index (κ3) is 3.78. The van der Waals surface area contributed by atoms with Gasteiger partial charge in [-0.1, -0.05) is 23.5 Å². The van der Waals surface area contributed by atoms with E-state index >= 15 is 0 Å². The van der Waals surface area contributed by atoms with E-state index in [0.29, 0.717) is 17.2 Å². The Morgan fingerprint density at radius 1 is 1.43 bits per heavy atom. The Morgan fingerprint density at radius 2 is 2.19 bits per heavy atom. The van der Waals surface area contributed by atoms with Crippen molar-refractivity contribution in [1.29, 1.82) is 0 Å². The molecule has 0 aliphatic rings. The summed E-state index contributed by atoms with van der Waals surface area (Å²) >= 11 is 1.06. The number of hydrogen-bond acceptors (Lipinski definition) is 6. The SMILES string of the molecule is COCc1cccc(Oc2sc(C(C)O)cc2[N+](=O)[O-])c1. The van der Waals surface area contributed by atoms with Crippen molar-refractivity contribution in [3.63, 3.8) is 0 Å². The first-order chi connectivity index (χ1) is 10.0. The number of thiophene rings is 1. The maximum absolute atomic E-state index is 11.0. The number of benzene rings is 1. The minimum absolute atomic E-state index is 0.145. The van der Waals surface area contributed by atoms with Crippen LogP contribution in [-0.2, 0) is 11.3 Å². The molecule has 1 aromatic carbocycles. The Hall–Kier alpha value is -1.96. The van der Waals surface area contributed by atoms with Crippen LogP contribution in [-0.4, -0.2) is 17.1 Å². The highest BCUT2D eigenvalue weighted by Gasteiger charge is 2.23. The number of methoxy groups -OCH3 is 1. The lowest BCUT2D eigenvalue weighted by atomic mass is 10.2. The summed E-state index contributed by atoms with van der Waals surface area (Å²) in [5.41, 5.74) is 0.762. The molecule has 0 aliphatic heterocycles. The van der Waals surface area contributed by atoms with Crippen LogP contribution in [0.15, 0.2) is 30.3 Å². The van der Waals surface area contributed by atoms with Crippen LogP contribution >= 0.6 is 11.3 Å². The molecule has 0 fully saturated rings. The van der Waals surface area contributed by atoms with Crippen LogP contribution in [0.25, 0.3) is 0 Å². The fourth-order valence-electron chi connectivity index (χ4n) is 1.76. The molecule has 0 saturated carbocycles. The Kier molecular flexibility index (Phi) is 4.89. The summed E-state index contributed by atoms with van der Waals surface area (Å²) in [5, 5.41) is 20.7.